The molecule has 0 saturated heterocycles. The number of hydrogen-bond donors (Lipinski definition) is 1. The average molecular weight is 443 g/mol. The molecule has 0 aliphatic rings. The minimum Gasteiger partial charge on any atom is -0.455 e. The van der Waals surface area contributed by atoms with Crippen LogP contribution in [0.4, 0.5) is 15.8 Å². The molecule has 0 unspecified atom stereocenters. The summed E-state index contributed by atoms with van der Waals surface area (Å²) in [4.78, 5) is 13.1. The molecular formula is C23H23FN2O4S. The van der Waals surface area contributed by atoms with Gasteiger partial charge < -0.3 is 10.1 Å². The molecule has 31 heavy (non-hydrogen) atoms. The first-order valence-corrected chi connectivity index (χ1v) is 11.5. The fraction of sp³-hybridized carbons (Fsp3) is 0.174. The summed E-state index contributed by atoms with van der Waals surface area (Å²) < 4.78 is 46.1. The van der Waals surface area contributed by atoms with Crippen molar-refractivity contribution in [3.63, 3.8) is 0 Å². The summed E-state index contributed by atoms with van der Waals surface area (Å²) in [5, 5.41) is 2.73. The third-order valence-electron chi connectivity index (χ3n) is 4.54. The largest absolute Gasteiger partial charge is 0.455 e. The van der Waals surface area contributed by atoms with E-state index in [1.165, 1.54) is 18.2 Å². The van der Waals surface area contributed by atoms with Crippen molar-refractivity contribution in [1.82, 2.24) is 0 Å². The summed E-state index contributed by atoms with van der Waals surface area (Å²) in [5.41, 5.74) is 0.192. The smallest absolute Gasteiger partial charge is 0.248 e. The predicted molar refractivity (Wildman–Crippen MR) is 119 cm³/mol. The van der Waals surface area contributed by atoms with Crippen LogP contribution in [0.25, 0.3) is 0 Å². The highest BCUT2D eigenvalue weighted by atomic mass is 32.2. The van der Waals surface area contributed by atoms with Crippen LogP contribution in [-0.2, 0) is 14.8 Å². The van der Waals surface area contributed by atoms with E-state index in [1.807, 2.05) is 18.2 Å². The number of carbonyl (C=O) groups excluding carboxylic acids is 1. The van der Waals surface area contributed by atoms with Gasteiger partial charge in [0.2, 0.25) is 15.9 Å². The lowest BCUT2D eigenvalue weighted by Crippen LogP contribution is -2.47. The summed E-state index contributed by atoms with van der Waals surface area (Å²) in [6, 6.07) is 20.2. The molecular weight excluding hydrogens is 419 g/mol. The number of ether oxygens (including phenoxy) is 1. The number of hydrogen-bond acceptors (Lipinski definition) is 4. The molecule has 1 atom stereocenters. The standard InChI is InChI=1S/C23H23FN2O4S/c1-3-20(26(31(2,28)29)21-15-9-7-13-18(21)24)23(27)25-19-14-8-10-16-22(19)30-17-11-5-4-6-12-17/h4-16,20H,3H2,1-2H3,(H,25,27)/t20-/m0/s1. The van der Waals surface area contributed by atoms with Crippen molar-refractivity contribution in [2.24, 2.45) is 0 Å². The monoisotopic (exact) mass is 442 g/mol. The molecule has 8 heteroatoms. The van der Waals surface area contributed by atoms with Crippen LogP contribution in [0.2, 0.25) is 0 Å². The second-order valence-corrected chi connectivity index (χ2v) is 8.69. The number of nitrogens with one attached hydrogen (secondary N) is 1. The molecule has 0 saturated carbocycles. The van der Waals surface area contributed by atoms with Gasteiger partial charge in [0, 0.05) is 0 Å². The van der Waals surface area contributed by atoms with E-state index >= 15 is 0 Å². The summed E-state index contributed by atoms with van der Waals surface area (Å²) >= 11 is 0. The Morgan fingerprint density at radius 3 is 2.26 bits per heavy atom. The number of halogens is 1. The Labute approximate surface area is 181 Å². The van der Waals surface area contributed by atoms with Gasteiger partial charge >= 0.3 is 0 Å². The van der Waals surface area contributed by atoms with Crippen molar-refractivity contribution in [1.29, 1.82) is 0 Å². The molecule has 162 valence electrons. The first-order valence-electron chi connectivity index (χ1n) is 9.68. The van der Waals surface area contributed by atoms with Crippen molar-refractivity contribution in [2.75, 3.05) is 15.9 Å². The minimum absolute atomic E-state index is 0.134. The number of amides is 1. The summed E-state index contributed by atoms with van der Waals surface area (Å²) in [6.07, 6.45) is 1.08. The van der Waals surface area contributed by atoms with Gasteiger partial charge in [-0.25, -0.2) is 12.8 Å². The Kier molecular flexibility index (Phi) is 6.91. The zero-order valence-corrected chi connectivity index (χ0v) is 18.0. The Morgan fingerprint density at radius 2 is 1.61 bits per heavy atom. The van der Waals surface area contributed by atoms with E-state index in [9.17, 15) is 17.6 Å². The molecule has 0 heterocycles. The fourth-order valence-corrected chi connectivity index (χ4v) is 4.37. The molecule has 6 nitrogen and oxygen atoms in total. The van der Waals surface area contributed by atoms with E-state index in [1.54, 1.807) is 43.3 Å². The van der Waals surface area contributed by atoms with Crippen LogP contribution in [0.5, 0.6) is 11.5 Å². The first kappa shape index (κ1) is 22.3. The van der Waals surface area contributed by atoms with Crippen molar-refractivity contribution >= 4 is 27.3 Å². The minimum atomic E-state index is -3.95. The van der Waals surface area contributed by atoms with E-state index in [0.717, 1.165) is 16.6 Å². The quantitative estimate of drug-likeness (QED) is 0.544. The predicted octanol–water partition coefficient (Wildman–Crippen LogP) is 4.80. The number of nitrogens with zero attached hydrogens (tertiary/aromatic N) is 1. The number of rotatable bonds is 8. The van der Waals surface area contributed by atoms with Gasteiger partial charge in [-0.05, 0) is 42.8 Å². The number of anilines is 2. The zero-order valence-electron chi connectivity index (χ0n) is 17.2. The average Bonchev–Trinajstić information content (AvgIpc) is 2.74. The zero-order chi connectivity index (χ0) is 22.4. The number of para-hydroxylation sites is 4. The molecule has 3 rings (SSSR count). The second kappa shape index (κ2) is 9.61. The van der Waals surface area contributed by atoms with Gasteiger partial charge in [-0.15, -0.1) is 0 Å². The highest BCUT2D eigenvalue weighted by molar-refractivity contribution is 7.92. The van der Waals surface area contributed by atoms with Crippen LogP contribution < -0.4 is 14.4 Å². The van der Waals surface area contributed by atoms with Crippen LogP contribution in [-0.4, -0.2) is 26.6 Å². The topological polar surface area (TPSA) is 75.7 Å². The van der Waals surface area contributed by atoms with Gasteiger partial charge in [-0.2, -0.15) is 0 Å². The van der Waals surface area contributed by atoms with Crippen LogP contribution in [0.1, 0.15) is 13.3 Å². The van der Waals surface area contributed by atoms with Gasteiger partial charge in [0.05, 0.1) is 17.6 Å². The molecule has 3 aromatic carbocycles. The summed E-state index contributed by atoms with van der Waals surface area (Å²) in [6.45, 7) is 1.66. The highest BCUT2D eigenvalue weighted by Gasteiger charge is 2.33. The van der Waals surface area contributed by atoms with Gasteiger partial charge in [0.15, 0.2) is 5.75 Å². The van der Waals surface area contributed by atoms with Gasteiger partial charge in [0.1, 0.15) is 17.6 Å². The number of benzene rings is 3. The Balaban J connectivity index is 1.92. The molecule has 3 aromatic rings. The lowest BCUT2D eigenvalue weighted by atomic mass is 10.1. The molecule has 0 aromatic heterocycles. The molecule has 0 spiro atoms. The van der Waals surface area contributed by atoms with Gasteiger partial charge in [-0.1, -0.05) is 49.4 Å². The van der Waals surface area contributed by atoms with Crippen LogP contribution in [0, 0.1) is 5.82 Å². The molecule has 0 fully saturated rings. The third-order valence-corrected chi connectivity index (χ3v) is 5.70. The van der Waals surface area contributed by atoms with Gasteiger partial charge in [0.25, 0.3) is 0 Å². The summed E-state index contributed by atoms with van der Waals surface area (Å²) in [5.74, 6) is -0.346. The Hall–Kier alpha value is -3.39. The van der Waals surface area contributed by atoms with Crippen LogP contribution >= 0.6 is 0 Å². The Bertz CT molecular complexity index is 1150. The maximum absolute atomic E-state index is 14.4. The second-order valence-electron chi connectivity index (χ2n) is 6.83. The summed E-state index contributed by atoms with van der Waals surface area (Å²) in [7, 11) is -3.95. The van der Waals surface area contributed by atoms with Crippen LogP contribution in [0.3, 0.4) is 0 Å². The van der Waals surface area contributed by atoms with Crippen molar-refractivity contribution in [3.8, 4) is 11.5 Å². The van der Waals surface area contributed by atoms with Gasteiger partial charge in [-0.3, -0.25) is 9.10 Å². The van der Waals surface area contributed by atoms with Crippen molar-refractivity contribution in [3.05, 3.63) is 84.7 Å². The maximum atomic E-state index is 14.4. The highest BCUT2D eigenvalue weighted by Crippen LogP contribution is 2.31. The SMILES string of the molecule is CC[C@@H](C(=O)Nc1ccccc1Oc1ccccc1)N(c1ccccc1F)S(C)(=O)=O. The maximum Gasteiger partial charge on any atom is 0.248 e. The number of carbonyl (C=O) groups is 1. The van der Waals surface area contributed by atoms with E-state index in [0.29, 0.717) is 17.2 Å². The Morgan fingerprint density at radius 1 is 1.00 bits per heavy atom. The van der Waals surface area contributed by atoms with Crippen LogP contribution in [0.15, 0.2) is 78.9 Å². The number of sulfonamides is 1. The fourth-order valence-electron chi connectivity index (χ4n) is 3.16. The third kappa shape index (κ3) is 5.40. The lowest BCUT2D eigenvalue weighted by Gasteiger charge is -2.30. The molecule has 0 aliphatic heterocycles. The van der Waals surface area contributed by atoms with E-state index in [2.05, 4.69) is 5.32 Å². The van der Waals surface area contributed by atoms with Crippen molar-refractivity contribution < 1.29 is 22.3 Å². The molecule has 1 N–H and O–H groups in total. The van der Waals surface area contributed by atoms with E-state index in [4.69, 9.17) is 4.74 Å². The first-order chi connectivity index (χ1) is 14.8. The molecule has 0 aliphatic carbocycles. The molecule has 1 amide bonds. The molecule has 0 radical (unpaired) electrons. The van der Waals surface area contributed by atoms with Crippen molar-refractivity contribution in [2.45, 2.75) is 19.4 Å². The van der Waals surface area contributed by atoms with E-state index in [-0.39, 0.29) is 12.1 Å². The van der Waals surface area contributed by atoms with E-state index < -0.39 is 27.8 Å². The molecule has 0 bridgehead atoms. The normalized spacial score (nSPS) is 12.1. The lowest BCUT2D eigenvalue weighted by molar-refractivity contribution is -0.117.